The molecule has 0 saturated heterocycles. The van der Waals surface area contributed by atoms with E-state index in [2.05, 4.69) is 36.5 Å². The number of hydrogen-bond acceptors (Lipinski definition) is 3. The molecule has 2 N–H and O–H groups in total. The van der Waals surface area contributed by atoms with Gasteiger partial charge in [0.1, 0.15) is 5.75 Å². The van der Waals surface area contributed by atoms with E-state index in [1.54, 1.807) is 23.9 Å². The summed E-state index contributed by atoms with van der Waals surface area (Å²) in [5.74, 6) is 0.353. The van der Waals surface area contributed by atoms with Crippen molar-refractivity contribution in [2.75, 3.05) is 0 Å². The van der Waals surface area contributed by atoms with Gasteiger partial charge in [0.2, 0.25) is 5.91 Å². The van der Waals surface area contributed by atoms with Crippen LogP contribution in [0.3, 0.4) is 0 Å². The van der Waals surface area contributed by atoms with Crippen LogP contribution in [0.1, 0.15) is 25.3 Å². The predicted octanol–water partition coefficient (Wildman–Crippen LogP) is 5.12. The Kier molecular flexibility index (Phi) is 6.18. The molecule has 3 rings (SSSR count). The first-order valence-corrected chi connectivity index (χ1v) is 9.69. The van der Waals surface area contributed by atoms with Crippen molar-refractivity contribution >= 4 is 28.4 Å². The molecule has 0 fully saturated rings. The molecule has 0 aromatic heterocycles. The Morgan fingerprint density at radius 2 is 1.77 bits per heavy atom. The van der Waals surface area contributed by atoms with Crippen molar-refractivity contribution in [2.45, 2.75) is 36.5 Å². The summed E-state index contributed by atoms with van der Waals surface area (Å²) in [7, 11) is 0. The molecule has 26 heavy (non-hydrogen) atoms. The van der Waals surface area contributed by atoms with Crippen molar-refractivity contribution in [2.24, 2.45) is 0 Å². The van der Waals surface area contributed by atoms with Gasteiger partial charge in [-0.2, -0.15) is 0 Å². The van der Waals surface area contributed by atoms with Crippen molar-refractivity contribution in [3.63, 3.8) is 0 Å². The number of amides is 1. The Balaban J connectivity index is 1.47. The first-order valence-electron chi connectivity index (χ1n) is 8.81. The molecule has 0 heterocycles. The number of carbonyl (C=O) groups excluding carboxylic acids is 1. The molecule has 0 aliphatic rings. The lowest BCUT2D eigenvalue weighted by molar-refractivity contribution is -0.121. The average Bonchev–Trinajstić information content (AvgIpc) is 2.66. The summed E-state index contributed by atoms with van der Waals surface area (Å²) in [5.41, 5.74) is 1.14. The van der Waals surface area contributed by atoms with Gasteiger partial charge in [0.15, 0.2) is 0 Å². The van der Waals surface area contributed by atoms with Crippen molar-refractivity contribution < 1.29 is 9.90 Å². The van der Waals surface area contributed by atoms with E-state index in [0.29, 0.717) is 18.2 Å². The summed E-state index contributed by atoms with van der Waals surface area (Å²) < 4.78 is 0. The van der Waals surface area contributed by atoms with Crippen LogP contribution in [0.25, 0.3) is 10.8 Å². The zero-order valence-corrected chi connectivity index (χ0v) is 15.6. The highest BCUT2D eigenvalue weighted by atomic mass is 32.2. The molecule has 3 aromatic carbocycles. The molecular weight excluding hydrogens is 342 g/mol. The fourth-order valence-electron chi connectivity index (χ4n) is 2.88. The largest absolute Gasteiger partial charge is 0.508 e. The van der Waals surface area contributed by atoms with E-state index >= 15 is 0 Å². The smallest absolute Gasteiger partial charge is 0.220 e. The number of fused-ring (bicyclic) bond motifs is 1. The van der Waals surface area contributed by atoms with Crippen LogP contribution in [0.5, 0.6) is 5.75 Å². The maximum atomic E-state index is 12.2. The van der Waals surface area contributed by atoms with Crippen LogP contribution in [-0.2, 0) is 11.3 Å². The lowest BCUT2D eigenvalue weighted by Gasteiger charge is -2.12. The van der Waals surface area contributed by atoms with Crippen LogP contribution in [-0.4, -0.2) is 16.3 Å². The Morgan fingerprint density at radius 1 is 1.04 bits per heavy atom. The molecule has 3 aromatic rings. The highest BCUT2D eigenvalue weighted by Gasteiger charge is 2.09. The molecule has 0 spiro atoms. The number of rotatable bonds is 7. The van der Waals surface area contributed by atoms with E-state index in [1.807, 2.05) is 30.3 Å². The third-order valence-corrected chi connectivity index (χ3v) is 5.49. The number of aromatic hydroxyl groups is 1. The van der Waals surface area contributed by atoms with Gasteiger partial charge in [-0.05, 0) is 47.0 Å². The Morgan fingerprint density at radius 3 is 2.58 bits per heavy atom. The third kappa shape index (κ3) is 5.02. The van der Waals surface area contributed by atoms with Crippen LogP contribution >= 0.6 is 11.8 Å². The fraction of sp³-hybridized carbons (Fsp3) is 0.227. The molecule has 0 aliphatic carbocycles. The van der Waals surface area contributed by atoms with Crippen LogP contribution < -0.4 is 5.32 Å². The summed E-state index contributed by atoms with van der Waals surface area (Å²) >= 11 is 1.72. The normalized spacial score (nSPS) is 12.0. The number of thioether (sulfide) groups is 1. The first kappa shape index (κ1) is 18.3. The molecule has 0 aliphatic heterocycles. The summed E-state index contributed by atoms with van der Waals surface area (Å²) in [6.45, 7) is 2.68. The second kappa shape index (κ2) is 8.77. The molecule has 4 heteroatoms. The number of benzene rings is 3. The minimum Gasteiger partial charge on any atom is -0.508 e. The van der Waals surface area contributed by atoms with E-state index < -0.39 is 0 Å². The standard InChI is InChI=1S/C22H23NO2S/c1-16(26-20-12-10-19(24)11-13-20)9-14-22(25)23-15-18-7-4-6-17-5-2-3-8-21(17)18/h2-8,10-13,16,24H,9,14-15H2,1H3,(H,23,25). The molecule has 0 saturated carbocycles. The minimum atomic E-state index is 0.0797. The highest BCUT2D eigenvalue weighted by Crippen LogP contribution is 2.27. The van der Waals surface area contributed by atoms with Gasteiger partial charge >= 0.3 is 0 Å². The van der Waals surface area contributed by atoms with E-state index in [9.17, 15) is 9.90 Å². The SMILES string of the molecule is CC(CCC(=O)NCc1cccc2ccccc12)Sc1ccc(O)cc1. The van der Waals surface area contributed by atoms with Gasteiger partial charge < -0.3 is 10.4 Å². The van der Waals surface area contributed by atoms with Crippen molar-refractivity contribution in [1.82, 2.24) is 5.32 Å². The summed E-state index contributed by atoms with van der Waals surface area (Å²) in [6.07, 6.45) is 1.32. The molecule has 134 valence electrons. The van der Waals surface area contributed by atoms with Gasteiger partial charge in [0.25, 0.3) is 0 Å². The van der Waals surface area contributed by atoms with Gasteiger partial charge in [-0.25, -0.2) is 0 Å². The summed E-state index contributed by atoms with van der Waals surface area (Å²) in [4.78, 5) is 13.3. The van der Waals surface area contributed by atoms with E-state index in [0.717, 1.165) is 16.9 Å². The lowest BCUT2D eigenvalue weighted by Crippen LogP contribution is -2.23. The van der Waals surface area contributed by atoms with E-state index in [4.69, 9.17) is 0 Å². The first-order chi connectivity index (χ1) is 12.6. The van der Waals surface area contributed by atoms with Gasteiger partial charge in [-0.3, -0.25) is 4.79 Å². The fourth-order valence-corrected chi connectivity index (χ4v) is 3.87. The molecule has 3 nitrogen and oxygen atoms in total. The van der Waals surface area contributed by atoms with Crippen molar-refractivity contribution in [1.29, 1.82) is 0 Å². The highest BCUT2D eigenvalue weighted by molar-refractivity contribution is 7.99. The summed E-state index contributed by atoms with van der Waals surface area (Å²) in [5, 5.41) is 15.1. The van der Waals surface area contributed by atoms with Crippen LogP contribution in [0.2, 0.25) is 0 Å². The van der Waals surface area contributed by atoms with Crippen LogP contribution in [0, 0.1) is 0 Å². The third-order valence-electron chi connectivity index (χ3n) is 4.31. The Labute approximate surface area is 158 Å². The molecule has 0 bridgehead atoms. The number of carbonyl (C=O) groups is 1. The number of phenols is 1. The Hall–Kier alpha value is -2.46. The predicted molar refractivity (Wildman–Crippen MR) is 108 cm³/mol. The number of phenolic OH excluding ortho intramolecular Hbond substituents is 1. The topological polar surface area (TPSA) is 49.3 Å². The minimum absolute atomic E-state index is 0.0797. The monoisotopic (exact) mass is 365 g/mol. The Bertz CT molecular complexity index is 871. The lowest BCUT2D eigenvalue weighted by atomic mass is 10.0. The zero-order chi connectivity index (χ0) is 18.4. The van der Waals surface area contributed by atoms with E-state index in [1.165, 1.54) is 10.8 Å². The molecule has 1 amide bonds. The van der Waals surface area contributed by atoms with Gasteiger partial charge in [-0.1, -0.05) is 49.4 Å². The second-order valence-corrected chi connectivity index (χ2v) is 7.89. The van der Waals surface area contributed by atoms with Crippen molar-refractivity contribution in [3.8, 4) is 5.75 Å². The number of hydrogen-bond donors (Lipinski definition) is 2. The quantitative estimate of drug-likeness (QED) is 0.571. The van der Waals surface area contributed by atoms with Gasteiger partial charge in [0, 0.05) is 23.1 Å². The molecule has 0 radical (unpaired) electrons. The molecular formula is C22H23NO2S. The van der Waals surface area contributed by atoms with Gasteiger partial charge in [-0.15, -0.1) is 11.8 Å². The van der Waals surface area contributed by atoms with Crippen LogP contribution in [0.15, 0.2) is 71.6 Å². The average molecular weight is 365 g/mol. The van der Waals surface area contributed by atoms with Gasteiger partial charge in [0.05, 0.1) is 0 Å². The maximum absolute atomic E-state index is 12.2. The zero-order valence-electron chi connectivity index (χ0n) is 14.8. The second-order valence-electron chi connectivity index (χ2n) is 6.38. The number of nitrogens with one attached hydrogen (secondary N) is 1. The maximum Gasteiger partial charge on any atom is 0.220 e. The van der Waals surface area contributed by atoms with E-state index in [-0.39, 0.29) is 11.7 Å². The molecule has 1 atom stereocenters. The van der Waals surface area contributed by atoms with Crippen molar-refractivity contribution in [3.05, 3.63) is 72.3 Å². The molecule has 1 unspecified atom stereocenters. The van der Waals surface area contributed by atoms with Crippen LogP contribution in [0.4, 0.5) is 0 Å². The summed E-state index contributed by atoms with van der Waals surface area (Å²) in [6, 6.07) is 21.6.